The Morgan fingerprint density at radius 1 is 0.529 bits per heavy atom. The van der Waals surface area contributed by atoms with Crippen molar-refractivity contribution in [3.8, 4) is 0 Å². The number of hydrogen-bond donors (Lipinski definition) is 0. The third-order valence-corrected chi connectivity index (χ3v) is 20.8. The molecule has 0 spiro atoms. The molecule has 0 aliphatic rings. The zero-order valence-electron chi connectivity index (χ0n) is 13.1. The van der Waals surface area contributed by atoms with Crippen LogP contribution in [0.4, 0.5) is 0 Å². The summed E-state index contributed by atoms with van der Waals surface area (Å²) in [6.45, 7) is 14.6. The first-order chi connectivity index (χ1) is 8.07. The summed E-state index contributed by atoms with van der Waals surface area (Å²) < 4.78 is 0. The Balaban J connectivity index is 4.28. The van der Waals surface area contributed by atoms with Crippen LogP contribution >= 0.6 is 11.8 Å². The maximum Gasteiger partial charge on any atom is 0.0631 e. The van der Waals surface area contributed by atoms with Gasteiger partial charge < -0.3 is 0 Å². The lowest BCUT2D eigenvalue weighted by Crippen LogP contribution is -2.39. The van der Waals surface area contributed by atoms with E-state index in [1.165, 1.54) is 47.0 Å². The van der Waals surface area contributed by atoms with Crippen LogP contribution in [0.5, 0.6) is 0 Å². The van der Waals surface area contributed by atoms with Gasteiger partial charge in [-0.05, 0) is 10.8 Å². The quantitative estimate of drug-likeness (QED) is 0.457. The maximum atomic E-state index is 2.43. The van der Waals surface area contributed by atoms with E-state index in [1.54, 1.807) is 0 Å². The fourth-order valence-electron chi connectivity index (χ4n) is 2.60. The van der Waals surface area contributed by atoms with E-state index in [4.69, 9.17) is 0 Å². The fourth-order valence-corrected chi connectivity index (χ4v) is 15.3. The van der Waals surface area contributed by atoms with Crippen molar-refractivity contribution in [2.24, 2.45) is 0 Å². The lowest BCUT2D eigenvalue weighted by Gasteiger charge is -2.32. The zero-order chi connectivity index (χ0) is 13.4. The van der Waals surface area contributed by atoms with Crippen LogP contribution in [0.3, 0.4) is 0 Å². The SMILES string of the molecule is CC[Si](CC)(CC)CSC[Si](CC)(CC)CC. The van der Waals surface area contributed by atoms with Gasteiger partial charge in [0.2, 0.25) is 0 Å². The first-order valence-corrected chi connectivity index (χ1v) is 14.5. The van der Waals surface area contributed by atoms with Crippen molar-refractivity contribution in [2.75, 3.05) is 10.8 Å². The van der Waals surface area contributed by atoms with E-state index >= 15 is 0 Å². The van der Waals surface area contributed by atoms with E-state index in [9.17, 15) is 0 Å². The van der Waals surface area contributed by atoms with Gasteiger partial charge in [-0.2, -0.15) is 11.8 Å². The molecule has 0 aromatic heterocycles. The first kappa shape index (κ1) is 17.8. The van der Waals surface area contributed by atoms with Crippen LogP contribution in [0, 0.1) is 0 Å². The molecule has 0 saturated heterocycles. The summed E-state index contributed by atoms with van der Waals surface area (Å²) in [5, 5.41) is 3.07. The molecule has 17 heavy (non-hydrogen) atoms. The molecular formula is C14H34SSi2. The Bertz CT molecular complexity index is 150. The van der Waals surface area contributed by atoms with Gasteiger partial charge in [-0.15, -0.1) is 0 Å². The van der Waals surface area contributed by atoms with Gasteiger partial charge >= 0.3 is 0 Å². The average Bonchev–Trinajstić information content (AvgIpc) is 2.41. The molecule has 104 valence electrons. The zero-order valence-corrected chi connectivity index (χ0v) is 15.9. The highest BCUT2D eigenvalue weighted by molar-refractivity contribution is 8.02. The molecule has 0 rings (SSSR count). The molecule has 0 radical (unpaired) electrons. The number of hydrogen-bond acceptors (Lipinski definition) is 1. The Morgan fingerprint density at radius 3 is 0.941 bits per heavy atom. The van der Waals surface area contributed by atoms with Crippen molar-refractivity contribution < 1.29 is 0 Å². The van der Waals surface area contributed by atoms with Crippen molar-refractivity contribution in [2.45, 2.75) is 77.8 Å². The van der Waals surface area contributed by atoms with Crippen LogP contribution in [-0.4, -0.2) is 26.9 Å². The van der Waals surface area contributed by atoms with Crippen molar-refractivity contribution in [1.82, 2.24) is 0 Å². The van der Waals surface area contributed by atoms with Crippen molar-refractivity contribution in [3.63, 3.8) is 0 Å². The average molecular weight is 291 g/mol. The van der Waals surface area contributed by atoms with Crippen molar-refractivity contribution >= 4 is 27.9 Å². The Hall–Kier alpha value is 0.784. The van der Waals surface area contributed by atoms with Gasteiger partial charge in [0.25, 0.3) is 0 Å². The Kier molecular flexibility index (Phi) is 9.22. The van der Waals surface area contributed by atoms with Gasteiger partial charge in [-0.3, -0.25) is 0 Å². The Labute approximate surface area is 116 Å². The summed E-state index contributed by atoms with van der Waals surface area (Å²) in [5.41, 5.74) is 0. The molecule has 0 aromatic rings. The number of rotatable bonds is 10. The highest BCUT2D eigenvalue weighted by Crippen LogP contribution is 2.29. The highest BCUT2D eigenvalue weighted by atomic mass is 32.2. The second-order valence-electron chi connectivity index (χ2n) is 5.61. The molecule has 0 aliphatic carbocycles. The predicted octanol–water partition coefficient (Wildman–Crippen LogP) is 5.82. The molecular weight excluding hydrogens is 256 g/mol. The van der Waals surface area contributed by atoms with Gasteiger partial charge in [0, 0.05) is 0 Å². The molecule has 0 fully saturated rings. The summed E-state index contributed by atoms with van der Waals surface area (Å²) >= 11 is 2.34. The fraction of sp³-hybridized carbons (Fsp3) is 1.00. The maximum absolute atomic E-state index is 2.43. The summed E-state index contributed by atoms with van der Waals surface area (Å²) in [4.78, 5) is 0. The second-order valence-corrected chi connectivity index (χ2v) is 18.6. The molecule has 0 bridgehead atoms. The van der Waals surface area contributed by atoms with Crippen molar-refractivity contribution in [3.05, 3.63) is 0 Å². The standard InChI is InChI=1S/C14H34SSi2/c1-7-16(8-2,9-3)13-15-14-17(10-4,11-5)12-6/h7-14H2,1-6H3. The molecule has 0 aliphatic heterocycles. The first-order valence-electron chi connectivity index (χ1n) is 7.65. The normalized spacial score (nSPS) is 13.1. The lowest BCUT2D eigenvalue weighted by atomic mass is 10.9. The van der Waals surface area contributed by atoms with Gasteiger partial charge in [-0.1, -0.05) is 77.8 Å². The monoisotopic (exact) mass is 290 g/mol. The molecule has 0 N–H and O–H groups in total. The van der Waals surface area contributed by atoms with Gasteiger partial charge in [0.1, 0.15) is 0 Å². The van der Waals surface area contributed by atoms with Crippen LogP contribution < -0.4 is 0 Å². The third-order valence-electron chi connectivity index (χ3n) is 5.32. The highest BCUT2D eigenvalue weighted by Gasteiger charge is 2.30. The molecule has 0 heterocycles. The largest absolute Gasteiger partial charge is 0.168 e. The smallest absolute Gasteiger partial charge is 0.0631 e. The van der Waals surface area contributed by atoms with Gasteiger partial charge in [0.15, 0.2) is 0 Å². The third kappa shape index (κ3) is 5.11. The van der Waals surface area contributed by atoms with Crippen LogP contribution in [0.2, 0.25) is 36.3 Å². The van der Waals surface area contributed by atoms with E-state index in [0.717, 1.165) is 0 Å². The van der Waals surface area contributed by atoms with E-state index in [0.29, 0.717) is 0 Å². The summed E-state index contributed by atoms with van der Waals surface area (Å²) in [7, 11) is -1.74. The minimum absolute atomic E-state index is 0.870. The summed E-state index contributed by atoms with van der Waals surface area (Å²) in [5.74, 6) is 0. The van der Waals surface area contributed by atoms with Crippen LogP contribution in [0.15, 0.2) is 0 Å². The van der Waals surface area contributed by atoms with Crippen LogP contribution in [0.1, 0.15) is 41.5 Å². The minimum atomic E-state index is -0.870. The number of thioether (sulfide) groups is 1. The molecule has 0 nitrogen and oxygen atoms in total. The van der Waals surface area contributed by atoms with E-state index < -0.39 is 16.1 Å². The van der Waals surface area contributed by atoms with E-state index in [1.807, 2.05) is 0 Å². The lowest BCUT2D eigenvalue weighted by molar-refractivity contribution is 1.16. The molecule has 0 amide bonds. The topological polar surface area (TPSA) is 0 Å². The molecule has 0 unspecified atom stereocenters. The Morgan fingerprint density at radius 2 is 0.765 bits per heavy atom. The van der Waals surface area contributed by atoms with Crippen molar-refractivity contribution in [1.29, 1.82) is 0 Å². The van der Waals surface area contributed by atoms with Crippen LogP contribution in [-0.2, 0) is 0 Å². The minimum Gasteiger partial charge on any atom is -0.168 e. The second kappa shape index (κ2) is 8.81. The van der Waals surface area contributed by atoms with Gasteiger partial charge in [-0.25, -0.2) is 0 Å². The van der Waals surface area contributed by atoms with E-state index in [2.05, 4.69) is 53.3 Å². The molecule has 0 atom stereocenters. The summed E-state index contributed by atoms with van der Waals surface area (Å²) in [6.07, 6.45) is 0. The molecule has 3 heteroatoms. The van der Waals surface area contributed by atoms with Crippen LogP contribution in [0.25, 0.3) is 0 Å². The predicted molar refractivity (Wildman–Crippen MR) is 91.7 cm³/mol. The van der Waals surface area contributed by atoms with E-state index in [-0.39, 0.29) is 0 Å². The molecule has 0 aromatic carbocycles. The summed E-state index contributed by atoms with van der Waals surface area (Å²) in [6, 6.07) is 8.95. The van der Waals surface area contributed by atoms with Gasteiger partial charge in [0.05, 0.1) is 16.1 Å². The molecule has 0 saturated carbocycles.